The molecule has 1 aromatic rings. The summed E-state index contributed by atoms with van der Waals surface area (Å²) >= 11 is 0. The van der Waals surface area contributed by atoms with Crippen molar-refractivity contribution in [3.63, 3.8) is 0 Å². The average Bonchev–Trinajstić information content (AvgIpc) is 3.08. The van der Waals surface area contributed by atoms with E-state index < -0.39 is 0 Å². The number of aryl methyl sites for hydroxylation is 1. The van der Waals surface area contributed by atoms with Crippen molar-refractivity contribution >= 4 is 24.2 Å². The summed E-state index contributed by atoms with van der Waals surface area (Å²) in [6.07, 6.45) is 9.46. The minimum Gasteiger partial charge on any atom is -0.353 e. The summed E-state index contributed by atoms with van der Waals surface area (Å²) in [5, 5.41) is 6.40. The number of nitrogens with one attached hydrogen (secondary N) is 2. The van der Waals surface area contributed by atoms with Crippen LogP contribution in [0.25, 0.3) is 0 Å². The Morgan fingerprint density at radius 2 is 2.07 bits per heavy atom. The topological polar surface area (TPSA) is 79.3 Å². The van der Waals surface area contributed by atoms with E-state index in [0.717, 1.165) is 38.1 Å². The highest BCUT2D eigenvalue weighted by Gasteiger charge is 2.31. The molecule has 8 heteroatoms. The van der Waals surface area contributed by atoms with Crippen LogP contribution in [0.15, 0.2) is 12.4 Å². The van der Waals surface area contributed by atoms with Crippen LogP contribution in [0.1, 0.15) is 57.3 Å². The Bertz CT molecular complexity index is 629. The second kappa shape index (κ2) is 10.1. The Morgan fingerprint density at radius 1 is 1.33 bits per heavy atom. The van der Waals surface area contributed by atoms with Gasteiger partial charge in [0.05, 0.1) is 0 Å². The lowest BCUT2D eigenvalue weighted by atomic mass is 9.88. The predicted octanol–water partition coefficient (Wildman–Crippen LogP) is 1.79. The summed E-state index contributed by atoms with van der Waals surface area (Å²) in [6, 6.07) is -0.202. The molecule has 2 amide bonds. The summed E-state index contributed by atoms with van der Waals surface area (Å²) < 4.78 is 1.96. The van der Waals surface area contributed by atoms with Crippen molar-refractivity contribution < 1.29 is 9.59 Å². The van der Waals surface area contributed by atoms with Crippen LogP contribution in [0.5, 0.6) is 0 Å². The van der Waals surface area contributed by atoms with Crippen LogP contribution in [0.3, 0.4) is 0 Å². The monoisotopic (exact) mass is 397 g/mol. The normalized spacial score (nSPS) is 22.0. The second-order valence-electron chi connectivity index (χ2n) is 7.65. The number of halogens is 1. The first kappa shape index (κ1) is 21.7. The molecule has 1 aliphatic carbocycles. The molecule has 1 saturated heterocycles. The summed E-state index contributed by atoms with van der Waals surface area (Å²) in [6.45, 7) is 4.09. The lowest BCUT2D eigenvalue weighted by Crippen LogP contribution is -2.51. The van der Waals surface area contributed by atoms with Crippen molar-refractivity contribution in [3.05, 3.63) is 18.2 Å². The van der Waals surface area contributed by atoms with Gasteiger partial charge in [0.2, 0.25) is 11.8 Å². The number of amides is 2. The third-order valence-electron chi connectivity index (χ3n) is 5.57. The fraction of sp³-hybridized carbons (Fsp3) is 0.737. The number of piperazine rings is 1. The standard InChI is InChI=1S/C19H31N5O2.ClH/c1-14(22-19(26)15-6-4-3-5-7-15)12-17(25)24-11-8-20-13-16(24)18-21-9-10-23(18)2;/h9-10,14-16,20H,3-8,11-13H2,1-2H3,(H,22,26);1H. The van der Waals surface area contributed by atoms with Gasteiger partial charge in [-0.05, 0) is 19.8 Å². The Labute approximate surface area is 167 Å². The molecule has 1 aliphatic heterocycles. The SMILES string of the molecule is CC(CC(=O)N1CCNCC1c1nccn1C)NC(=O)C1CCCCC1.Cl. The van der Waals surface area contributed by atoms with Gasteiger partial charge in [0, 0.05) is 57.5 Å². The van der Waals surface area contributed by atoms with E-state index in [4.69, 9.17) is 0 Å². The van der Waals surface area contributed by atoms with E-state index in [1.807, 2.05) is 29.6 Å². The van der Waals surface area contributed by atoms with E-state index in [0.29, 0.717) is 19.5 Å². The number of nitrogens with zero attached hydrogens (tertiary/aromatic N) is 3. The lowest BCUT2D eigenvalue weighted by Gasteiger charge is -2.36. The molecule has 0 spiro atoms. The number of aromatic nitrogens is 2. The van der Waals surface area contributed by atoms with E-state index >= 15 is 0 Å². The highest BCUT2D eigenvalue weighted by Crippen LogP contribution is 2.24. The smallest absolute Gasteiger partial charge is 0.225 e. The Kier molecular flexibility index (Phi) is 8.10. The van der Waals surface area contributed by atoms with Gasteiger partial charge in [-0.1, -0.05) is 19.3 Å². The molecule has 2 atom stereocenters. The zero-order valence-corrected chi connectivity index (χ0v) is 17.1. The molecule has 1 aromatic heterocycles. The zero-order chi connectivity index (χ0) is 18.5. The van der Waals surface area contributed by atoms with Crippen molar-refractivity contribution in [1.29, 1.82) is 0 Å². The number of carbonyl (C=O) groups excluding carboxylic acids is 2. The first-order chi connectivity index (χ1) is 12.6. The summed E-state index contributed by atoms with van der Waals surface area (Å²) in [4.78, 5) is 31.6. The summed E-state index contributed by atoms with van der Waals surface area (Å²) in [5.74, 6) is 1.21. The van der Waals surface area contributed by atoms with Gasteiger partial charge in [-0.25, -0.2) is 4.98 Å². The van der Waals surface area contributed by atoms with Gasteiger partial charge in [0.1, 0.15) is 11.9 Å². The molecule has 2 unspecified atom stereocenters. The van der Waals surface area contributed by atoms with Crippen LogP contribution in [-0.2, 0) is 16.6 Å². The fourth-order valence-electron chi connectivity index (χ4n) is 4.09. The predicted molar refractivity (Wildman–Crippen MR) is 107 cm³/mol. The van der Waals surface area contributed by atoms with E-state index in [2.05, 4.69) is 15.6 Å². The minimum atomic E-state index is -0.145. The first-order valence-corrected chi connectivity index (χ1v) is 9.84. The van der Waals surface area contributed by atoms with E-state index in [-0.39, 0.29) is 42.2 Å². The number of imidazole rings is 1. The van der Waals surface area contributed by atoms with Crippen molar-refractivity contribution in [2.45, 2.75) is 57.5 Å². The molecule has 2 heterocycles. The highest BCUT2D eigenvalue weighted by molar-refractivity contribution is 5.85. The van der Waals surface area contributed by atoms with Crippen LogP contribution in [0.4, 0.5) is 0 Å². The van der Waals surface area contributed by atoms with E-state index in [1.165, 1.54) is 6.42 Å². The summed E-state index contributed by atoms with van der Waals surface area (Å²) in [5.41, 5.74) is 0. The Morgan fingerprint density at radius 3 is 2.74 bits per heavy atom. The van der Waals surface area contributed by atoms with Crippen LogP contribution in [0, 0.1) is 5.92 Å². The van der Waals surface area contributed by atoms with Gasteiger partial charge in [0.25, 0.3) is 0 Å². The molecule has 0 bridgehead atoms. The first-order valence-electron chi connectivity index (χ1n) is 9.84. The maximum absolute atomic E-state index is 12.9. The lowest BCUT2D eigenvalue weighted by molar-refractivity contribution is -0.135. The van der Waals surface area contributed by atoms with Crippen molar-refractivity contribution in [3.8, 4) is 0 Å². The third-order valence-corrected chi connectivity index (χ3v) is 5.57. The summed E-state index contributed by atoms with van der Waals surface area (Å²) in [7, 11) is 1.95. The molecule has 0 radical (unpaired) electrons. The van der Waals surface area contributed by atoms with E-state index in [1.54, 1.807) is 6.20 Å². The van der Waals surface area contributed by atoms with Crippen LogP contribution in [0.2, 0.25) is 0 Å². The minimum absolute atomic E-state index is 0. The molecule has 0 aromatic carbocycles. The number of carbonyl (C=O) groups is 2. The molecule has 1 saturated carbocycles. The van der Waals surface area contributed by atoms with Gasteiger partial charge < -0.3 is 20.1 Å². The van der Waals surface area contributed by atoms with E-state index in [9.17, 15) is 9.59 Å². The highest BCUT2D eigenvalue weighted by atomic mass is 35.5. The second-order valence-corrected chi connectivity index (χ2v) is 7.65. The van der Waals surface area contributed by atoms with Gasteiger partial charge >= 0.3 is 0 Å². The quantitative estimate of drug-likeness (QED) is 0.793. The number of hydrogen-bond acceptors (Lipinski definition) is 4. The number of rotatable bonds is 5. The molecule has 2 aliphatic rings. The maximum atomic E-state index is 12.9. The van der Waals surface area contributed by atoms with Crippen molar-refractivity contribution in [2.24, 2.45) is 13.0 Å². The molecule has 7 nitrogen and oxygen atoms in total. The maximum Gasteiger partial charge on any atom is 0.225 e. The van der Waals surface area contributed by atoms with Gasteiger partial charge in [-0.2, -0.15) is 0 Å². The average molecular weight is 398 g/mol. The molecule has 152 valence electrons. The molecule has 27 heavy (non-hydrogen) atoms. The van der Waals surface area contributed by atoms with Crippen LogP contribution < -0.4 is 10.6 Å². The Balaban J connectivity index is 0.00000261. The third kappa shape index (κ3) is 5.45. The van der Waals surface area contributed by atoms with Crippen molar-refractivity contribution in [2.75, 3.05) is 19.6 Å². The molecular formula is C19H32ClN5O2. The van der Waals surface area contributed by atoms with Crippen LogP contribution in [-0.4, -0.2) is 51.9 Å². The largest absolute Gasteiger partial charge is 0.353 e. The van der Waals surface area contributed by atoms with Gasteiger partial charge in [-0.3, -0.25) is 9.59 Å². The zero-order valence-electron chi connectivity index (χ0n) is 16.3. The number of hydrogen-bond donors (Lipinski definition) is 2. The van der Waals surface area contributed by atoms with Gasteiger partial charge in [-0.15, -0.1) is 12.4 Å². The fourth-order valence-corrected chi connectivity index (χ4v) is 4.09. The molecule has 2 N–H and O–H groups in total. The molecule has 2 fully saturated rings. The van der Waals surface area contributed by atoms with Gasteiger partial charge in [0.15, 0.2) is 0 Å². The Hall–Kier alpha value is -1.60. The van der Waals surface area contributed by atoms with Crippen LogP contribution >= 0.6 is 12.4 Å². The molecular weight excluding hydrogens is 366 g/mol. The molecule has 3 rings (SSSR count). The van der Waals surface area contributed by atoms with Crippen molar-refractivity contribution in [1.82, 2.24) is 25.1 Å².